The fourth-order valence-corrected chi connectivity index (χ4v) is 1.14. The van der Waals surface area contributed by atoms with Gasteiger partial charge in [0, 0.05) is 12.7 Å². The number of hydrogen-bond acceptors (Lipinski definition) is 1. The van der Waals surface area contributed by atoms with E-state index < -0.39 is 0 Å². The topological polar surface area (TPSA) is 28.1 Å². The summed E-state index contributed by atoms with van der Waals surface area (Å²) in [5, 5.41) is 0. The Morgan fingerprint density at radius 1 is 1.42 bits per heavy atom. The molecule has 1 rings (SSSR count). The molecule has 66 valence electrons. The van der Waals surface area contributed by atoms with Crippen molar-refractivity contribution in [1.29, 1.82) is 0 Å². The third-order valence-electron chi connectivity index (χ3n) is 1.75. The van der Waals surface area contributed by atoms with Crippen LogP contribution in [-0.2, 0) is 0 Å². The zero-order valence-electron chi connectivity index (χ0n) is 8.02. The second kappa shape index (κ2) is 4.10. The summed E-state index contributed by atoms with van der Waals surface area (Å²) in [5.41, 5.74) is 3.49. The molecule has 1 heterocycles. The maximum Gasteiger partial charge on any atom is 0.127 e. The van der Waals surface area contributed by atoms with Gasteiger partial charge >= 0.3 is 0 Å². The monoisotopic (exact) mass is 164 g/mol. The van der Waals surface area contributed by atoms with Crippen molar-refractivity contribution in [2.45, 2.75) is 27.2 Å². The van der Waals surface area contributed by atoms with Crippen LogP contribution >= 0.6 is 0 Å². The first-order valence-electron chi connectivity index (χ1n) is 4.40. The summed E-state index contributed by atoms with van der Waals surface area (Å²) < 4.78 is 0. The van der Waals surface area contributed by atoms with Gasteiger partial charge in [0.1, 0.15) is 5.49 Å². The Balaban J connectivity index is 3.01. The van der Waals surface area contributed by atoms with Gasteiger partial charge in [0.25, 0.3) is 0 Å². The highest BCUT2D eigenvalue weighted by Gasteiger charge is 1.89. The summed E-state index contributed by atoms with van der Waals surface area (Å²) in [6.45, 7) is 7.19. The lowest BCUT2D eigenvalue weighted by atomic mass is 10.2. The maximum absolute atomic E-state index is 4.41. The SMILES string of the molecule is CCC/N=c1\[nH]cc(C)cc1C. The van der Waals surface area contributed by atoms with Crippen LogP contribution in [0.4, 0.5) is 0 Å². The third kappa shape index (κ3) is 2.22. The van der Waals surface area contributed by atoms with Crippen molar-refractivity contribution in [2.75, 3.05) is 6.54 Å². The van der Waals surface area contributed by atoms with Crippen LogP contribution in [0.5, 0.6) is 0 Å². The minimum Gasteiger partial charge on any atom is -0.346 e. The second-order valence-electron chi connectivity index (χ2n) is 3.09. The third-order valence-corrected chi connectivity index (χ3v) is 1.75. The summed E-state index contributed by atoms with van der Waals surface area (Å²) in [5.74, 6) is 0. The number of aromatic nitrogens is 1. The molecule has 1 aromatic rings. The standard InChI is InChI=1S/C10H16N2/c1-4-5-11-10-9(3)6-8(2)7-12-10/h6-7H,4-5H2,1-3H3,(H,11,12). The number of aromatic amines is 1. The molecule has 1 N–H and O–H groups in total. The number of aryl methyl sites for hydroxylation is 2. The van der Waals surface area contributed by atoms with E-state index in [-0.39, 0.29) is 0 Å². The average Bonchev–Trinajstić information content (AvgIpc) is 2.03. The van der Waals surface area contributed by atoms with Gasteiger partial charge in [-0.05, 0) is 31.4 Å². The molecule has 0 unspecified atom stereocenters. The molecule has 2 heteroatoms. The summed E-state index contributed by atoms with van der Waals surface area (Å²) >= 11 is 0. The van der Waals surface area contributed by atoms with E-state index in [1.165, 1.54) is 11.1 Å². The van der Waals surface area contributed by atoms with Crippen LogP contribution in [0, 0.1) is 13.8 Å². The van der Waals surface area contributed by atoms with E-state index in [0.29, 0.717) is 0 Å². The largest absolute Gasteiger partial charge is 0.346 e. The normalized spacial score (nSPS) is 12.1. The number of pyridine rings is 1. The molecule has 0 aliphatic rings. The van der Waals surface area contributed by atoms with Crippen LogP contribution in [0.1, 0.15) is 24.5 Å². The Morgan fingerprint density at radius 2 is 2.17 bits per heavy atom. The minimum atomic E-state index is 0.903. The Kier molecular flexibility index (Phi) is 3.09. The molecule has 0 radical (unpaired) electrons. The van der Waals surface area contributed by atoms with Crippen molar-refractivity contribution in [1.82, 2.24) is 4.98 Å². The molecule has 0 aliphatic heterocycles. The van der Waals surface area contributed by atoms with Crippen LogP contribution in [0.15, 0.2) is 17.3 Å². The van der Waals surface area contributed by atoms with E-state index in [1.807, 2.05) is 6.20 Å². The summed E-state index contributed by atoms with van der Waals surface area (Å²) in [6, 6.07) is 2.14. The van der Waals surface area contributed by atoms with Crippen molar-refractivity contribution in [2.24, 2.45) is 4.99 Å². The van der Waals surface area contributed by atoms with E-state index in [4.69, 9.17) is 0 Å². The summed E-state index contributed by atoms with van der Waals surface area (Å²) in [4.78, 5) is 7.58. The van der Waals surface area contributed by atoms with Gasteiger partial charge in [0.05, 0.1) is 0 Å². The Labute approximate surface area is 73.4 Å². The molecule has 0 saturated carbocycles. The molecule has 0 bridgehead atoms. The minimum absolute atomic E-state index is 0.903. The molecule has 1 aromatic heterocycles. The molecule has 0 atom stereocenters. The van der Waals surface area contributed by atoms with E-state index in [2.05, 4.69) is 36.8 Å². The first-order valence-corrected chi connectivity index (χ1v) is 4.40. The van der Waals surface area contributed by atoms with Gasteiger partial charge < -0.3 is 4.98 Å². The lowest BCUT2D eigenvalue weighted by Gasteiger charge is -1.97. The molecule has 0 aliphatic carbocycles. The lowest BCUT2D eigenvalue weighted by molar-refractivity contribution is 0.876. The maximum atomic E-state index is 4.41. The van der Waals surface area contributed by atoms with Gasteiger partial charge in [-0.15, -0.1) is 0 Å². The average molecular weight is 164 g/mol. The number of nitrogens with zero attached hydrogens (tertiary/aromatic N) is 1. The fraction of sp³-hybridized carbons (Fsp3) is 0.500. The molecular weight excluding hydrogens is 148 g/mol. The summed E-state index contributed by atoms with van der Waals surface area (Å²) in [7, 11) is 0. The van der Waals surface area contributed by atoms with Crippen LogP contribution < -0.4 is 5.49 Å². The van der Waals surface area contributed by atoms with Crippen LogP contribution in [-0.4, -0.2) is 11.5 Å². The highest BCUT2D eigenvalue weighted by molar-refractivity contribution is 5.14. The molecular formula is C10H16N2. The van der Waals surface area contributed by atoms with Crippen molar-refractivity contribution in [3.05, 3.63) is 28.9 Å². The molecule has 2 nitrogen and oxygen atoms in total. The summed E-state index contributed by atoms with van der Waals surface area (Å²) in [6.07, 6.45) is 3.09. The first kappa shape index (κ1) is 9.04. The molecule has 0 saturated heterocycles. The molecule has 0 amide bonds. The van der Waals surface area contributed by atoms with Gasteiger partial charge in [0.2, 0.25) is 0 Å². The number of rotatable bonds is 2. The van der Waals surface area contributed by atoms with E-state index in [9.17, 15) is 0 Å². The van der Waals surface area contributed by atoms with E-state index >= 15 is 0 Å². The van der Waals surface area contributed by atoms with Gasteiger partial charge in [-0.25, -0.2) is 0 Å². The van der Waals surface area contributed by atoms with Crippen LogP contribution in [0.3, 0.4) is 0 Å². The molecule has 0 aromatic carbocycles. The van der Waals surface area contributed by atoms with Crippen LogP contribution in [0.25, 0.3) is 0 Å². The predicted octanol–water partition coefficient (Wildman–Crippen LogP) is 1.94. The quantitative estimate of drug-likeness (QED) is 0.692. The van der Waals surface area contributed by atoms with E-state index in [0.717, 1.165) is 18.5 Å². The molecule has 0 fully saturated rings. The zero-order valence-corrected chi connectivity index (χ0v) is 8.02. The Morgan fingerprint density at radius 3 is 2.75 bits per heavy atom. The highest BCUT2D eigenvalue weighted by atomic mass is 14.8. The van der Waals surface area contributed by atoms with Crippen LogP contribution in [0.2, 0.25) is 0 Å². The fourth-order valence-electron chi connectivity index (χ4n) is 1.14. The van der Waals surface area contributed by atoms with Gasteiger partial charge in [-0.3, -0.25) is 4.99 Å². The highest BCUT2D eigenvalue weighted by Crippen LogP contribution is 1.93. The number of nitrogens with one attached hydrogen (secondary N) is 1. The van der Waals surface area contributed by atoms with Crippen molar-refractivity contribution >= 4 is 0 Å². The Hall–Kier alpha value is -1.05. The first-order chi connectivity index (χ1) is 5.74. The predicted molar refractivity (Wildman–Crippen MR) is 51.0 cm³/mol. The smallest absolute Gasteiger partial charge is 0.127 e. The molecule has 0 spiro atoms. The molecule has 12 heavy (non-hydrogen) atoms. The van der Waals surface area contributed by atoms with Crippen molar-refractivity contribution in [3.8, 4) is 0 Å². The Bertz CT molecular complexity index is 310. The second-order valence-corrected chi connectivity index (χ2v) is 3.09. The number of hydrogen-bond donors (Lipinski definition) is 1. The number of H-pyrrole nitrogens is 1. The van der Waals surface area contributed by atoms with Gasteiger partial charge in [-0.1, -0.05) is 13.0 Å². The van der Waals surface area contributed by atoms with E-state index in [1.54, 1.807) is 0 Å². The lowest BCUT2D eigenvalue weighted by Crippen LogP contribution is -2.12. The zero-order chi connectivity index (χ0) is 8.97. The van der Waals surface area contributed by atoms with Gasteiger partial charge in [0.15, 0.2) is 0 Å². The van der Waals surface area contributed by atoms with Crippen molar-refractivity contribution in [3.63, 3.8) is 0 Å². The van der Waals surface area contributed by atoms with Gasteiger partial charge in [-0.2, -0.15) is 0 Å². The van der Waals surface area contributed by atoms with Crippen molar-refractivity contribution < 1.29 is 0 Å².